The summed E-state index contributed by atoms with van der Waals surface area (Å²) in [6.07, 6.45) is 3.11. The molecule has 0 bridgehead atoms. The van der Waals surface area contributed by atoms with Crippen LogP contribution in [-0.4, -0.2) is 33.1 Å². The quantitative estimate of drug-likeness (QED) is 0.345. The van der Waals surface area contributed by atoms with E-state index in [0.29, 0.717) is 34.1 Å². The molecule has 0 fully saturated rings. The maximum atomic E-state index is 12.2. The molecule has 3 N–H and O–H groups in total. The lowest BCUT2D eigenvalue weighted by molar-refractivity contribution is -0.139. The Hall–Kier alpha value is -4.85. The van der Waals surface area contributed by atoms with Crippen LogP contribution in [0.2, 0.25) is 0 Å². The number of aliphatic carboxylic acids is 1. The van der Waals surface area contributed by atoms with Crippen LogP contribution in [0.3, 0.4) is 0 Å². The second kappa shape index (κ2) is 9.18. The zero-order valence-corrected chi connectivity index (χ0v) is 18.5. The van der Waals surface area contributed by atoms with E-state index < -0.39 is 18.5 Å². The molecule has 5 rings (SSSR count). The molecule has 0 aliphatic carbocycles. The molecule has 8 nitrogen and oxygen atoms in total. The summed E-state index contributed by atoms with van der Waals surface area (Å²) in [4.78, 5) is 27.6. The van der Waals surface area contributed by atoms with Crippen LogP contribution in [0.1, 0.15) is 15.9 Å². The van der Waals surface area contributed by atoms with Gasteiger partial charge in [-0.05, 0) is 42.0 Å². The minimum absolute atomic E-state index is 0.272. The average molecular weight is 467 g/mol. The van der Waals surface area contributed by atoms with Crippen molar-refractivity contribution in [1.29, 1.82) is 0 Å². The van der Waals surface area contributed by atoms with E-state index in [1.807, 2.05) is 65.2 Å². The molecule has 35 heavy (non-hydrogen) atoms. The molecule has 1 amide bonds. The molecule has 0 saturated carbocycles. The number of carboxylic acid groups (broad SMARTS) is 1. The minimum atomic E-state index is -1.11. The predicted molar refractivity (Wildman–Crippen MR) is 131 cm³/mol. The first-order chi connectivity index (χ1) is 17.0. The van der Waals surface area contributed by atoms with E-state index in [-0.39, 0.29) is 5.75 Å². The Morgan fingerprint density at radius 1 is 0.857 bits per heavy atom. The number of carbonyl (C=O) groups is 2. The molecule has 0 spiro atoms. The van der Waals surface area contributed by atoms with Crippen molar-refractivity contribution in [2.45, 2.75) is 6.54 Å². The highest BCUT2D eigenvalue weighted by molar-refractivity contribution is 6.19. The first kappa shape index (κ1) is 22.0. The van der Waals surface area contributed by atoms with Gasteiger partial charge in [-0.15, -0.1) is 0 Å². The van der Waals surface area contributed by atoms with E-state index in [1.54, 1.807) is 18.3 Å². The van der Waals surface area contributed by atoms with Crippen LogP contribution in [0.4, 0.5) is 0 Å². The first-order valence-corrected chi connectivity index (χ1v) is 10.9. The maximum absolute atomic E-state index is 12.2. The Labute approximate surface area is 200 Å². The Morgan fingerprint density at radius 2 is 1.60 bits per heavy atom. The lowest BCUT2D eigenvalue weighted by Crippen LogP contribution is -2.11. The molecule has 174 valence electrons. The fraction of sp³-hybridized carbons (Fsp3) is 0.0741. The molecular formula is C27H21N3O5. The van der Waals surface area contributed by atoms with E-state index >= 15 is 0 Å². The number of nitrogens with zero attached hydrogens (tertiary/aromatic N) is 2. The number of benzene rings is 3. The summed E-state index contributed by atoms with van der Waals surface area (Å²) < 4.78 is 13.4. The third-order valence-electron chi connectivity index (χ3n) is 5.62. The van der Waals surface area contributed by atoms with Crippen LogP contribution in [0.5, 0.6) is 17.2 Å². The third-order valence-corrected chi connectivity index (χ3v) is 5.62. The van der Waals surface area contributed by atoms with Crippen LogP contribution in [0.25, 0.3) is 21.8 Å². The van der Waals surface area contributed by atoms with E-state index in [2.05, 4.69) is 4.98 Å². The van der Waals surface area contributed by atoms with Gasteiger partial charge >= 0.3 is 5.97 Å². The van der Waals surface area contributed by atoms with Gasteiger partial charge in [0.1, 0.15) is 17.2 Å². The largest absolute Gasteiger partial charge is 0.480 e. The lowest BCUT2D eigenvalue weighted by Gasteiger charge is -2.10. The predicted octanol–water partition coefficient (Wildman–Crippen LogP) is 4.59. The molecular weight excluding hydrogens is 446 g/mol. The van der Waals surface area contributed by atoms with E-state index in [1.165, 1.54) is 6.20 Å². The number of rotatable bonds is 8. The van der Waals surface area contributed by atoms with Crippen molar-refractivity contribution >= 4 is 33.7 Å². The topological polar surface area (TPSA) is 117 Å². The number of pyridine rings is 1. The lowest BCUT2D eigenvalue weighted by atomic mass is 10.1. The summed E-state index contributed by atoms with van der Waals surface area (Å²) in [5.74, 6) is 0.0384. The van der Waals surface area contributed by atoms with Gasteiger partial charge in [-0.25, -0.2) is 4.79 Å². The summed E-state index contributed by atoms with van der Waals surface area (Å²) in [5.41, 5.74) is 8.44. The number of nitrogens with two attached hydrogens (primary N) is 1. The van der Waals surface area contributed by atoms with Gasteiger partial charge in [-0.1, -0.05) is 36.4 Å². The van der Waals surface area contributed by atoms with Crippen molar-refractivity contribution < 1.29 is 24.2 Å². The average Bonchev–Trinajstić information content (AvgIpc) is 3.18. The zero-order valence-electron chi connectivity index (χ0n) is 18.5. The number of hydrogen-bond acceptors (Lipinski definition) is 5. The summed E-state index contributed by atoms with van der Waals surface area (Å²) in [6, 6.07) is 22.5. The minimum Gasteiger partial charge on any atom is -0.480 e. The number of fused-ring (bicyclic) bond motifs is 3. The molecule has 0 aliphatic rings. The Morgan fingerprint density at radius 3 is 2.31 bits per heavy atom. The highest BCUT2D eigenvalue weighted by Gasteiger charge is 2.20. The zero-order chi connectivity index (χ0) is 24.4. The van der Waals surface area contributed by atoms with Gasteiger partial charge in [0.15, 0.2) is 6.61 Å². The number of primary amides is 1. The van der Waals surface area contributed by atoms with Gasteiger partial charge in [0.25, 0.3) is 0 Å². The molecule has 2 heterocycles. The molecule has 0 atom stereocenters. The molecule has 0 aliphatic heterocycles. The van der Waals surface area contributed by atoms with Gasteiger partial charge in [-0.2, -0.15) is 0 Å². The molecule has 0 unspecified atom stereocenters. The van der Waals surface area contributed by atoms with Gasteiger partial charge in [0.05, 0.1) is 28.8 Å². The van der Waals surface area contributed by atoms with Crippen molar-refractivity contribution in [3.8, 4) is 17.2 Å². The Kier molecular flexibility index (Phi) is 5.76. The number of carbonyl (C=O) groups excluding carboxylic acids is 1. The molecule has 3 aromatic carbocycles. The van der Waals surface area contributed by atoms with Crippen LogP contribution in [-0.2, 0) is 11.3 Å². The highest BCUT2D eigenvalue weighted by Crippen LogP contribution is 2.37. The maximum Gasteiger partial charge on any atom is 0.341 e. The first-order valence-electron chi connectivity index (χ1n) is 10.9. The Balaban J connectivity index is 1.58. The molecule has 8 heteroatoms. The van der Waals surface area contributed by atoms with Crippen LogP contribution >= 0.6 is 0 Å². The van der Waals surface area contributed by atoms with Gasteiger partial charge in [0.2, 0.25) is 5.91 Å². The van der Waals surface area contributed by atoms with Crippen molar-refractivity contribution in [2.75, 3.05) is 6.61 Å². The fourth-order valence-corrected chi connectivity index (χ4v) is 4.14. The van der Waals surface area contributed by atoms with Crippen molar-refractivity contribution in [1.82, 2.24) is 9.55 Å². The van der Waals surface area contributed by atoms with Gasteiger partial charge in [-0.3, -0.25) is 9.78 Å². The third kappa shape index (κ3) is 4.37. The summed E-state index contributed by atoms with van der Waals surface area (Å²) in [5, 5.41) is 10.3. The van der Waals surface area contributed by atoms with Crippen LogP contribution in [0.15, 0.2) is 85.2 Å². The molecule has 0 saturated heterocycles. The van der Waals surface area contributed by atoms with Crippen molar-refractivity contribution in [2.24, 2.45) is 5.73 Å². The van der Waals surface area contributed by atoms with Crippen molar-refractivity contribution in [3.63, 3.8) is 0 Å². The summed E-state index contributed by atoms with van der Waals surface area (Å²) >= 11 is 0. The normalized spacial score (nSPS) is 11.0. The number of amides is 1. The smallest absolute Gasteiger partial charge is 0.341 e. The number of ether oxygens (including phenoxy) is 2. The molecule has 2 aromatic heterocycles. The summed E-state index contributed by atoms with van der Waals surface area (Å²) in [6.45, 7) is -0.0625. The number of aromatic nitrogens is 2. The fourth-order valence-electron chi connectivity index (χ4n) is 4.14. The Bertz CT molecular complexity index is 1540. The van der Waals surface area contributed by atoms with E-state index in [4.69, 9.17) is 20.3 Å². The molecule has 0 radical (unpaired) electrons. The van der Waals surface area contributed by atoms with Crippen LogP contribution < -0.4 is 15.2 Å². The van der Waals surface area contributed by atoms with E-state index in [9.17, 15) is 9.59 Å². The standard InChI is InChI=1S/C27H21N3O5/c28-27(33)20-7-4-8-21-25(20)26-22(13-29-14-23(26)34-16-24(31)32)30(21)15-17-9-11-19(12-10-17)35-18-5-2-1-3-6-18/h1-14H,15-16H2,(H2,28,33)(H,31,32). The van der Waals surface area contributed by atoms with Crippen LogP contribution in [0, 0.1) is 0 Å². The number of carboxylic acids is 1. The van der Waals surface area contributed by atoms with Crippen molar-refractivity contribution in [3.05, 3.63) is 96.3 Å². The highest BCUT2D eigenvalue weighted by atomic mass is 16.5. The number of para-hydroxylation sites is 1. The second-order valence-corrected chi connectivity index (χ2v) is 7.92. The summed E-state index contributed by atoms with van der Waals surface area (Å²) in [7, 11) is 0. The monoisotopic (exact) mass is 467 g/mol. The van der Waals surface area contributed by atoms with E-state index in [0.717, 1.165) is 16.8 Å². The van der Waals surface area contributed by atoms with Gasteiger partial charge < -0.3 is 24.9 Å². The molecule has 5 aromatic rings. The SMILES string of the molecule is NC(=O)c1cccc2c1c1c(OCC(=O)O)cncc1n2Cc1ccc(Oc2ccccc2)cc1. The second-order valence-electron chi connectivity index (χ2n) is 7.92. The number of hydrogen-bond donors (Lipinski definition) is 2. The van der Waals surface area contributed by atoms with Gasteiger partial charge in [0, 0.05) is 17.5 Å².